The molecule has 4 rings (SSSR count). The van der Waals surface area contributed by atoms with Crippen molar-refractivity contribution in [3.05, 3.63) is 72.3 Å². The number of benzene rings is 2. The first-order valence-electron chi connectivity index (χ1n) is 13.6. The quantitative estimate of drug-likeness (QED) is 0.189. The van der Waals surface area contributed by atoms with Gasteiger partial charge in [-0.3, -0.25) is 4.79 Å². The van der Waals surface area contributed by atoms with Crippen LogP contribution in [0.1, 0.15) is 30.9 Å². The summed E-state index contributed by atoms with van der Waals surface area (Å²) < 4.78 is 22.2. The molecule has 226 valence electrons. The van der Waals surface area contributed by atoms with Crippen molar-refractivity contribution in [2.75, 3.05) is 19.8 Å². The fraction of sp³-hybridized carbons (Fsp3) is 0.433. The van der Waals surface area contributed by atoms with E-state index in [9.17, 15) is 29.7 Å². The highest BCUT2D eigenvalue weighted by Gasteiger charge is 2.47. The van der Waals surface area contributed by atoms with Crippen molar-refractivity contribution in [2.24, 2.45) is 0 Å². The van der Waals surface area contributed by atoms with Crippen LogP contribution >= 0.6 is 0 Å². The number of aliphatic hydroxyl groups is 3. The second kappa shape index (κ2) is 13.9. The Hall–Kier alpha value is -3.81. The number of rotatable bonds is 11. The molecule has 12 heteroatoms. The van der Waals surface area contributed by atoms with Gasteiger partial charge in [-0.1, -0.05) is 61.2 Å². The molecule has 12 nitrogen and oxygen atoms in total. The number of fused-ring (bicyclic) bond motifs is 3. The number of hydrogen-bond acceptors (Lipinski definition) is 10. The summed E-state index contributed by atoms with van der Waals surface area (Å²) in [6.07, 6.45) is -6.41. The smallest absolute Gasteiger partial charge is 0.407 e. The number of amides is 2. The molecule has 42 heavy (non-hydrogen) atoms. The van der Waals surface area contributed by atoms with Crippen LogP contribution in [0, 0.1) is 0 Å². The standard InChI is InChI=1S/C30H36N2O10/c1-4-13-39-28(37)24(16(2)41-29-25(31-17(3)34)27(36)26(35)23(14-33)42-29)32-30(38)40-15-22-20-11-7-5-9-18(20)19-10-6-8-12-21(19)22/h4-12,16,22-27,29,33,35-36H,1,13-15H2,2-3H3,(H,31,34)(H,32,38). The van der Waals surface area contributed by atoms with Gasteiger partial charge in [-0.25, -0.2) is 9.59 Å². The van der Waals surface area contributed by atoms with E-state index in [1.807, 2.05) is 48.5 Å². The minimum atomic E-state index is -1.56. The van der Waals surface area contributed by atoms with Gasteiger partial charge in [0.15, 0.2) is 12.3 Å². The number of nitrogens with one attached hydrogen (secondary N) is 2. The van der Waals surface area contributed by atoms with Crippen molar-refractivity contribution in [3.8, 4) is 11.1 Å². The second-order valence-electron chi connectivity index (χ2n) is 10.1. The summed E-state index contributed by atoms with van der Waals surface area (Å²) in [7, 11) is 0. The Kier molecular flexibility index (Phi) is 10.3. The highest BCUT2D eigenvalue weighted by molar-refractivity contribution is 5.82. The van der Waals surface area contributed by atoms with E-state index in [4.69, 9.17) is 18.9 Å². The number of carbonyl (C=O) groups is 3. The summed E-state index contributed by atoms with van der Waals surface area (Å²) >= 11 is 0. The van der Waals surface area contributed by atoms with E-state index in [0.717, 1.165) is 22.3 Å². The predicted octanol–water partition coefficient (Wildman–Crippen LogP) is 0.972. The molecule has 1 heterocycles. The van der Waals surface area contributed by atoms with Crippen LogP contribution in [0.3, 0.4) is 0 Å². The summed E-state index contributed by atoms with van der Waals surface area (Å²) in [5.41, 5.74) is 4.15. The molecule has 1 saturated heterocycles. The lowest BCUT2D eigenvalue weighted by atomic mass is 9.96. The Morgan fingerprint density at radius 1 is 1.02 bits per heavy atom. The number of aliphatic hydroxyl groups excluding tert-OH is 3. The van der Waals surface area contributed by atoms with E-state index in [1.165, 1.54) is 19.9 Å². The van der Waals surface area contributed by atoms with E-state index < -0.39 is 67.4 Å². The minimum absolute atomic E-state index is 0.00211. The third-order valence-corrected chi connectivity index (χ3v) is 7.28. The topological polar surface area (TPSA) is 173 Å². The van der Waals surface area contributed by atoms with Gasteiger partial charge in [-0.15, -0.1) is 0 Å². The normalized spacial score (nSPS) is 24.5. The van der Waals surface area contributed by atoms with Gasteiger partial charge >= 0.3 is 12.1 Å². The maximum Gasteiger partial charge on any atom is 0.407 e. The predicted molar refractivity (Wildman–Crippen MR) is 149 cm³/mol. The fourth-order valence-corrected chi connectivity index (χ4v) is 5.24. The van der Waals surface area contributed by atoms with Crippen LogP contribution in [0.25, 0.3) is 11.1 Å². The maximum atomic E-state index is 13.0. The number of ether oxygens (including phenoxy) is 4. The Balaban J connectivity index is 1.47. The number of hydrogen-bond donors (Lipinski definition) is 5. The van der Waals surface area contributed by atoms with Crippen LogP contribution in [0.15, 0.2) is 61.2 Å². The van der Waals surface area contributed by atoms with Gasteiger partial charge in [0.05, 0.1) is 12.7 Å². The first-order valence-corrected chi connectivity index (χ1v) is 13.6. The van der Waals surface area contributed by atoms with Gasteiger partial charge in [0, 0.05) is 12.8 Å². The lowest BCUT2D eigenvalue weighted by Crippen LogP contribution is -2.65. The van der Waals surface area contributed by atoms with Gasteiger partial charge < -0.3 is 44.9 Å². The van der Waals surface area contributed by atoms with Gasteiger partial charge in [0.2, 0.25) is 5.91 Å². The molecule has 1 aliphatic carbocycles. The lowest BCUT2D eigenvalue weighted by molar-refractivity contribution is -0.282. The first-order chi connectivity index (χ1) is 20.2. The van der Waals surface area contributed by atoms with E-state index >= 15 is 0 Å². The van der Waals surface area contributed by atoms with Gasteiger partial charge in [0.1, 0.15) is 37.6 Å². The molecule has 0 bridgehead atoms. The molecule has 1 fully saturated rings. The van der Waals surface area contributed by atoms with E-state index in [2.05, 4.69) is 17.2 Å². The molecule has 2 amide bonds. The third kappa shape index (κ3) is 6.80. The fourth-order valence-electron chi connectivity index (χ4n) is 5.24. The maximum absolute atomic E-state index is 13.0. The highest BCUT2D eigenvalue weighted by Crippen LogP contribution is 2.44. The van der Waals surface area contributed by atoms with Crippen LogP contribution in [0.2, 0.25) is 0 Å². The molecule has 5 N–H and O–H groups in total. The van der Waals surface area contributed by atoms with Gasteiger partial charge in [0.25, 0.3) is 0 Å². The van der Waals surface area contributed by atoms with Crippen LogP contribution in [-0.4, -0.2) is 95.9 Å². The number of alkyl carbamates (subject to hydrolysis) is 1. The summed E-state index contributed by atoms with van der Waals surface area (Å²) in [5, 5.41) is 35.4. The molecule has 2 aromatic rings. The first kappa shape index (κ1) is 31.1. The zero-order chi connectivity index (χ0) is 30.4. The van der Waals surface area contributed by atoms with Crippen LogP contribution in [0.5, 0.6) is 0 Å². The van der Waals surface area contributed by atoms with Gasteiger partial charge in [-0.05, 0) is 29.2 Å². The molecule has 0 radical (unpaired) electrons. The Morgan fingerprint density at radius 2 is 1.64 bits per heavy atom. The zero-order valence-corrected chi connectivity index (χ0v) is 23.3. The zero-order valence-electron chi connectivity index (χ0n) is 23.3. The highest BCUT2D eigenvalue weighted by atomic mass is 16.7. The van der Waals surface area contributed by atoms with Crippen molar-refractivity contribution >= 4 is 18.0 Å². The van der Waals surface area contributed by atoms with Crippen molar-refractivity contribution < 1.29 is 48.7 Å². The summed E-state index contributed by atoms with van der Waals surface area (Å²) in [5.74, 6) is -1.61. The van der Waals surface area contributed by atoms with Crippen LogP contribution in [-0.2, 0) is 28.5 Å². The van der Waals surface area contributed by atoms with E-state index in [-0.39, 0.29) is 19.1 Å². The molecule has 2 aromatic carbocycles. The second-order valence-corrected chi connectivity index (χ2v) is 10.1. The van der Waals surface area contributed by atoms with Crippen molar-refractivity contribution in [3.63, 3.8) is 0 Å². The third-order valence-electron chi connectivity index (χ3n) is 7.28. The lowest BCUT2D eigenvalue weighted by Gasteiger charge is -2.43. The van der Waals surface area contributed by atoms with E-state index in [1.54, 1.807) is 0 Å². The summed E-state index contributed by atoms with van der Waals surface area (Å²) in [6, 6.07) is 13.1. The summed E-state index contributed by atoms with van der Waals surface area (Å²) in [6.45, 7) is 5.38. The van der Waals surface area contributed by atoms with Gasteiger partial charge in [-0.2, -0.15) is 0 Å². The van der Waals surface area contributed by atoms with Crippen LogP contribution < -0.4 is 10.6 Å². The average Bonchev–Trinajstić information content (AvgIpc) is 3.30. The number of carbonyl (C=O) groups excluding carboxylic acids is 3. The average molecular weight is 585 g/mol. The molecular formula is C30H36N2O10. The molecule has 0 spiro atoms. The molecule has 1 aliphatic heterocycles. The summed E-state index contributed by atoms with van der Waals surface area (Å²) in [4.78, 5) is 37.7. The van der Waals surface area contributed by atoms with Crippen molar-refractivity contribution in [1.29, 1.82) is 0 Å². The molecule has 0 saturated carbocycles. The Morgan fingerprint density at radius 3 is 2.21 bits per heavy atom. The largest absolute Gasteiger partial charge is 0.460 e. The Bertz CT molecular complexity index is 1240. The van der Waals surface area contributed by atoms with Crippen molar-refractivity contribution in [1.82, 2.24) is 10.6 Å². The Labute approximate surface area is 243 Å². The van der Waals surface area contributed by atoms with E-state index in [0.29, 0.717) is 0 Å². The molecule has 0 aromatic heterocycles. The SMILES string of the molecule is C=CCOC(=O)C(NC(=O)OCC1c2ccccc2-c2ccccc21)C(C)OC1OC(CO)C(O)C(O)C1NC(C)=O. The van der Waals surface area contributed by atoms with Crippen molar-refractivity contribution in [2.45, 2.75) is 62.6 Å². The molecular weight excluding hydrogens is 548 g/mol. The monoisotopic (exact) mass is 584 g/mol. The molecule has 7 atom stereocenters. The minimum Gasteiger partial charge on any atom is -0.460 e. The van der Waals surface area contributed by atoms with Crippen LogP contribution in [0.4, 0.5) is 4.79 Å². The number of esters is 1. The molecule has 7 unspecified atom stereocenters. The molecule has 2 aliphatic rings.